The summed E-state index contributed by atoms with van der Waals surface area (Å²) in [4.78, 5) is 26.1. The molecular weight excluding hydrogens is 294 g/mol. The van der Waals surface area contributed by atoms with Crippen LogP contribution < -0.4 is 10.6 Å². The fourth-order valence-electron chi connectivity index (χ4n) is 3.64. The Kier molecular flexibility index (Phi) is 5.11. The summed E-state index contributed by atoms with van der Waals surface area (Å²) < 4.78 is 5.56. The van der Waals surface area contributed by atoms with Gasteiger partial charge >= 0.3 is 0 Å². The molecule has 3 saturated heterocycles. The third-order valence-electron chi connectivity index (χ3n) is 4.75. The highest BCUT2D eigenvalue weighted by atomic mass is 35.5. The SMILES string of the molecule is C[C@H]1OCCN[C@@H]1C(=O)N1CCCC2(CNC(=O)C2)C1.Cl. The second-order valence-electron chi connectivity index (χ2n) is 6.32. The van der Waals surface area contributed by atoms with E-state index >= 15 is 0 Å². The fourth-order valence-corrected chi connectivity index (χ4v) is 3.64. The summed E-state index contributed by atoms with van der Waals surface area (Å²) in [6.45, 7) is 5.51. The quantitative estimate of drug-likeness (QED) is 0.709. The van der Waals surface area contributed by atoms with Crippen LogP contribution in [-0.4, -0.2) is 61.6 Å². The molecule has 3 aliphatic rings. The summed E-state index contributed by atoms with van der Waals surface area (Å²) in [7, 11) is 0. The van der Waals surface area contributed by atoms with E-state index in [1.54, 1.807) is 0 Å². The molecule has 0 saturated carbocycles. The molecule has 3 atom stereocenters. The predicted octanol–water partition coefficient (Wildman–Crippen LogP) is -0.0862. The van der Waals surface area contributed by atoms with Crippen LogP contribution in [0.5, 0.6) is 0 Å². The molecule has 3 rings (SSSR count). The molecule has 1 spiro atoms. The number of rotatable bonds is 1. The number of nitrogens with one attached hydrogen (secondary N) is 2. The van der Waals surface area contributed by atoms with Gasteiger partial charge < -0.3 is 20.3 Å². The molecule has 2 N–H and O–H groups in total. The highest BCUT2D eigenvalue weighted by Gasteiger charge is 2.44. The molecular formula is C14H24ClN3O3. The first-order valence-electron chi connectivity index (χ1n) is 7.50. The number of carbonyl (C=O) groups is 2. The van der Waals surface area contributed by atoms with Crippen LogP contribution in [-0.2, 0) is 14.3 Å². The van der Waals surface area contributed by atoms with Crippen molar-refractivity contribution in [1.82, 2.24) is 15.5 Å². The number of morpholine rings is 1. The minimum Gasteiger partial charge on any atom is -0.375 e. The van der Waals surface area contributed by atoms with Crippen LogP contribution >= 0.6 is 12.4 Å². The minimum absolute atomic E-state index is 0. The van der Waals surface area contributed by atoms with E-state index < -0.39 is 0 Å². The lowest BCUT2D eigenvalue weighted by Crippen LogP contribution is -2.59. The van der Waals surface area contributed by atoms with Crippen molar-refractivity contribution in [3.8, 4) is 0 Å². The normalized spacial score (nSPS) is 36.2. The standard InChI is InChI=1S/C14H23N3O3.ClH/c1-10-12(15-4-6-20-10)13(19)17-5-2-3-14(9-17)7-11(18)16-8-14;/h10,12,15H,2-9H2,1H3,(H,16,18);1H/t10-,12+,14?;/m1./s1. The molecule has 1 unspecified atom stereocenters. The summed E-state index contributed by atoms with van der Waals surface area (Å²) in [6, 6.07) is -0.246. The largest absolute Gasteiger partial charge is 0.375 e. The lowest BCUT2D eigenvalue weighted by atomic mass is 9.79. The zero-order valence-corrected chi connectivity index (χ0v) is 13.2. The molecule has 0 aromatic rings. The smallest absolute Gasteiger partial charge is 0.242 e. The molecule has 3 fully saturated rings. The molecule has 2 amide bonds. The highest BCUT2D eigenvalue weighted by molar-refractivity contribution is 5.85. The third kappa shape index (κ3) is 3.33. The van der Waals surface area contributed by atoms with E-state index in [2.05, 4.69) is 10.6 Å². The zero-order valence-electron chi connectivity index (χ0n) is 12.4. The maximum Gasteiger partial charge on any atom is 0.242 e. The predicted molar refractivity (Wildman–Crippen MR) is 80.3 cm³/mol. The Balaban J connectivity index is 0.00000161. The Morgan fingerprint density at radius 2 is 2.29 bits per heavy atom. The van der Waals surface area contributed by atoms with Gasteiger partial charge in [0.25, 0.3) is 0 Å². The maximum absolute atomic E-state index is 12.7. The van der Waals surface area contributed by atoms with Gasteiger partial charge in [0.1, 0.15) is 6.04 Å². The van der Waals surface area contributed by atoms with E-state index in [-0.39, 0.29) is 41.8 Å². The monoisotopic (exact) mass is 317 g/mol. The van der Waals surface area contributed by atoms with E-state index in [9.17, 15) is 9.59 Å². The van der Waals surface area contributed by atoms with E-state index in [1.165, 1.54) is 0 Å². The number of carbonyl (C=O) groups excluding carboxylic acids is 2. The van der Waals surface area contributed by atoms with Crippen LogP contribution in [0.15, 0.2) is 0 Å². The molecule has 0 aliphatic carbocycles. The summed E-state index contributed by atoms with van der Waals surface area (Å²) >= 11 is 0. The molecule has 21 heavy (non-hydrogen) atoms. The molecule has 7 heteroatoms. The van der Waals surface area contributed by atoms with Gasteiger partial charge in [-0.2, -0.15) is 0 Å². The molecule has 0 bridgehead atoms. The van der Waals surface area contributed by atoms with E-state index in [1.807, 2.05) is 11.8 Å². The summed E-state index contributed by atoms with van der Waals surface area (Å²) in [5, 5.41) is 6.17. The average molecular weight is 318 g/mol. The number of halogens is 1. The third-order valence-corrected chi connectivity index (χ3v) is 4.75. The first kappa shape index (κ1) is 16.5. The second-order valence-corrected chi connectivity index (χ2v) is 6.32. The first-order valence-corrected chi connectivity index (χ1v) is 7.50. The van der Waals surface area contributed by atoms with Crippen molar-refractivity contribution in [3.05, 3.63) is 0 Å². The van der Waals surface area contributed by atoms with Crippen LogP contribution in [0.2, 0.25) is 0 Å². The molecule has 0 aromatic heterocycles. The summed E-state index contributed by atoms with van der Waals surface area (Å²) in [6.07, 6.45) is 2.47. The van der Waals surface area contributed by atoms with Gasteiger partial charge in [0, 0.05) is 38.0 Å². The minimum atomic E-state index is -0.246. The highest BCUT2D eigenvalue weighted by Crippen LogP contribution is 2.36. The first-order chi connectivity index (χ1) is 9.60. The van der Waals surface area contributed by atoms with Gasteiger partial charge in [-0.25, -0.2) is 0 Å². The van der Waals surface area contributed by atoms with Crippen molar-refractivity contribution in [2.45, 2.75) is 38.3 Å². The van der Waals surface area contributed by atoms with Gasteiger partial charge in [0.2, 0.25) is 11.8 Å². The fraction of sp³-hybridized carbons (Fsp3) is 0.857. The lowest BCUT2D eigenvalue weighted by molar-refractivity contribution is -0.143. The number of nitrogens with zero attached hydrogens (tertiary/aromatic N) is 1. The number of piperidine rings is 1. The van der Waals surface area contributed by atoms with Gasteiger partial charge in [-0.1, -0.05) is 0 Å². The number of hydrogen-bond donors (Lipinski definition) is 2. The van der Waals surface area contributed by atoms with Crippen LogP contribution in [0.1, 0.15) is 26.2 Å². The van der Waals surface area contributed by atoms with Crippen molar-refractivity contribution in [3.63, 3.8) is 0 Å². The summed E-state index contributed by atoms with van der Waals surface area (Å²) in [5.74, 6) is 0.238. The molecule has 6 nitrogen and oxygen atoms in total. The van der Waals surface area contributed by atoms with E-state index in [4.69, 9.17) is 4.74 Å². The number of ether oxygens (including phenoxy) is 1. The summed E-state index contributed by atoms with van der Waals surface area (Å²) in [5.41, 5.74) is -0.0379. The zero-order chi connectivity index (χ0) is 14.2. The van der Waals surface area contributed by atoms with Crippen molar-refractivity contribution in [1.29, 1.82) is 0 Å². The van der Waals surface area contributed by atoms with Gasteiger partial charge in [-0.05, 0) is 19.8 Å². The number of likely N-dealkylation sites (tertiary alicyclic amines) is 1. The van der Waals surface area contributed by atoms with Crippen LogP contribution in [0.4, 0.5) is 0 Å². The average Bonchev–Trinajstić information content (AvgIpc) is 2.79. The maximum atomic E-state index is 12.7. The van der Waals surface area contributed by atoms with Crippen LogP contribution in [0.25, 0.3) is 0 Å². The Morgan fingerprint density at radius 3 is 2.95 bits per heavy atom. The van der Waals surface area contributed by atoms with Crippen LogP contribution in [0.3, 0.4) is 0 Å². The van der Waals surface area contributed by atoms with Crippen molar-refractivity contribution in [2.24, 2.45) is 5.41 Å². The molecule has 120 valence electrons. The van der Waals surface area contributed by atoms with Crippen LogP contribution in [0, 0.1) is 5.41 Å². The Morgan fingerprint density at radius 1 is 1.48 bits per heavy atom. The Hall–Kier alpha value is -0.850. The van der Waals surface area contributed by atoms with Crippen molar-refractivity contribution in [2.75, 3.05) is 32.8 Å². The van der Waals surface area contributed by atoms with Crippen molar-refractivity contribution < 1.29 is 14.3 Å². The van der Waals surface area contributed by atoms with E-state index in [0.29, 0.717) is 26.1 Å². The Labute approximate surface area is 131 Å². The lowest BCUT2D eigenvalue weighted by Gasteiger charge is -2.42. The van der Waals surface area contributed by atoms with Gasteiger partial charge in [-0.3, -0.25) is 9.59 Å². The molecule has 3 heterocycles. The topological polar surface area (TPSA) is 70.7 Å². The number of hydrogen-bond acceptors (Lipinski definition) is 4. The molecule has 0 radical (unpaired) electrons. The second kappa shape index (κ2) is 6.50. The number of amides is 2. The molecule has 0 aromatic carbocycles. The molecule has 3 aliphatic heterocycles. The van der Waals surface area contributed by atoms with Gasteiger partial charge in [-0.15, -0.1) is 12.4 Å². The van der Waals surface area contributed by atoms with Gasteiger partial charge in [0.05, 0.1) is 12.7 Å². The van der Waals surface area contributed by atoms with Gasteiger partial charge in [0.15, 0.2) is 0 Å². The van der Waals surface area contributed by atoms with E-state index in [0.717, 1.165) is 25.9 Å². The van der Waals surface area contributed by atoms with Crippen molar-refractivity contribution >= 4 is 24.2 Å². The Bertz CT molecular complexity index is 420.